The Hall–Kier alpha value is -2.62. The molecule has 0 bridgehead atoms. The minimum Gasteiger partial charge on any atom is -0.507 e. The second-order valence-corrected chi connectivity index (χ2v) is 5.95. The number of Topliss-reactive ketones (excluding diaryl/α,β-unsaturated/α-hetero) is 2. The van der Waals surface area contributed by atoms with Gasteiger partial charge in [0.25, 0.3) is 0 Å². The van der Waals surface area contributed by atoms with Gasteiger partial charge >= 0.3 is 0 Å². The van der Waals surface area contributed by atoms with E-state index in [1.807, 2.05) is 30.3 Å². The van der Waals surface area contributed by atoms with E-state index in [9.17, 15) is 14.7 Å². The molecule has 1 N–H and O–H groups in total. The average Bonchev–Trinajstić information content (AvgIpc) is 2.53. The summed E-state index contributed by atoms with van der Waals surface area (Å²) in [7, 11) is 1.44. The lowest BCUT2D eigenvalue weighted by Gasteiger charge is -2.31. The summed E-state index contributed by atoms with van der Waals surface area (Å²) in [4.78, 5) is 25.1. The van der Waals surface area contributed by atoms with E-state index in [2.05, 4.69) is 0 Å². The van der Waals surface area contributed by atoms with Gasteiger partial charge in [-0.25, -0.2) is 0 Å². The Balaban J connectivity index is 2.50. The van der Waals surface area contributed by atoms with Crippen LogP contribution in [0.2, 0.25) is 0 Å². The number of hydrogen-bond acceptors (Lipinski definition) is 4. The minimum absolute atomic E-state index is 0.194. The highest BCUT2D eigenvalue weighted by atomic mass is 16.5. The van der Waals surface area contributed by atoms with Crippen molar-refractivity contribution in [3.8, 4) is 0 Å². The number of allylic oxidation sites excluding steroid dienone is 4. The first-order chi connectivity index (χ1) is 10.8. The molecule has 23 heavy (non-hydrogen) atoms. The van der Waals surface area contributed by atoms with Crippen LogP contribution in [-0.2, 0) is 14.3 Å². The van der Waals surface area contributed by atoms with E-state index >= 15 is 0 Å². The summed E-state index contributed by atoms with van der Waals surface area (Å²) in [6.07, 6.45) is 3.03. The fourth-order valence-electron chi connectivity index (χ4n) is 2.74. The third kappa shape index (κ3) is 2.97. The molecule has 0 fully saturated rings. The molecule has 0 aromatic heterocycles. The first kappa shape index (κ1) is 16.7. The van der Waals surface area contributed by atoms with Crippen molar-refractivity contribution >= 4 is 17.6 Å². The first-order valence-corrected chi connectivity index (χ1v) is 7.32. The molecule has 0 aliphatic heterocycles. The quantitative estimate of drug-likeness (QED) is 0.526. The second-order valence-electron chi connectivity index (χ2n) is 5.95. The molecule has 1 aromatic carbocycles. The monoisotopic (exact) mass is 312 g/mol. The van der Waals surface area contributed by atoms with Crippen LogP contribution in [0.25, 0.3) is 6.08 Å². The molecule has 0 saturated carbocycles. The van der Waals surface area contributed by atoms with Crippen molar-refractivity contribution in [1.82, 2.24) is 0 Å². The molecule has 120 valence electrons. The van der Waals surface area contributed by atoms with Crippen molar-refractivity contribution in [3.05, 3.63) is 64.6 Å². The predicted octanol–water partition coefficient (Wildman–Crippen LogP) is 3.61. The molecule has 0 atom stereocenters. The van der Waals surface area contributed by atoms with Crippen LogP contribution >= 0.6 is 0 Å². The number of carbonyl (C=O) groups excluding carboxylic acids is 2. The average molecular weight is 312 g/mol. The molecular weight excluding hydrogens is 292 g/mol. The fourth-order valence-corrected chi connectivity index (χ4v) is 2.74. The lowest BCUT2D eigenvalue weighted by molar-refractivity contribution is -0.127. The van der Waals surface area contributed by atoms with Crippen LogP contribution in [0.15, 0.2) is 59.1 Å². The number of rotatable bonds is 3. The van der Waals surface area contributed by atoms with E-state index in [0.717, 1.165) is 5.56 Å². The van der Waals surface area contributed by atoms with Crippen molar-refractivity contribution < 1.29 is 19.4 Å². The van der Waals surface area contributed by atoms with Crippen LogP contribution in [0.4, 0.5) is 0 Å². The molecule has 1 aliphatic carbocycles. The zero-order valence-corrected chi connectivity index (χ0v) is 13.7. The van der Waals surface area contributed by atoms with Crippen molar-refractivity contribution in [2.75, 3.05) is 7.11 Å². The van der Waals surface area contributed by atoms with E-state index in [4.69, 9.17) is 4.74 Å². The molecule has 1 aliphatic rings. The maximum Gasteiger partial charge on any atom is 0.199 e. The van der Waals surface area contributed by atoms with Crippen LogP contribution < -0.4 is 0 Å². The van der Waals surface area contributed by atoms with Crippen LogP contribution in [-0.4, -0.2) is 23.8 Å². The Bertz CT molecular complexity index is 734. The van der Waals surface area contributed by atoms with Crippen molar-refractivity contribution in [2.45, 2.75) is 20.8 Å². The van der Waals surface area contributed by atoms with Crippen LogP contribution in [0.1, 0.15) is 26.3 Å². The highest BCUT2D eigenvalue weighted by Crippen LogP contribution is 2.39. The SMILES string of the molecule is COC1=C(C)C(=O)/C(=C(O)/C=C/c2ccccc2)C(=O)C1(C)C. The minimum atomic E-state index is -0.989. The number of benzene rings is 1. The number of hydrogen-bond donors (Lipinski definition) is 1. The molecule has 0 unspecified atom stereocenters. The van der Waals surface area contributed by atoms with Crippen LogP contribution in [0.3, 0.4) is 0 Å². The second kappa shape index (κ2) is 6.24. The highest BCUT2D eigenvalue weighted by Gasteiger charge is 2.45. The van der Waals surface area contributed by atoms with Crippen molar-refractivity contribution in [1.29, 1.82) is 0 Å². The van der Waals surface area contributed by atoms with Crippen LogP contribution in [0.5, 0.6) is 0 Å². The summed E-state index contributed by atoms with van der Waals surface area (Å²) in [5.74, 6) is -0.927. The van der Waals surface area contributed by atoms with Gasteiger partial charge in [-0.2, -0.15) is 0 Å². The molecular formula is C19H20O4. The highest BCUT2D eigenvalue weighted by molar-refractivity contribution is 6.30. The van der Waals surface area contributed by atoms with Gasteiger partial charge in [0, 0.05) is 5.57 Å². The van der Waals surface area contributed by atoms with Gasteiger partial charge in [0.05, 0.1) is 12.5 Å². The molecule has 2 rings (SSSR count). The number of ether oxygens (including phenoxy) is 1. The van der Waals surface area contributed by atoms with Gasteiger partial charge < -0.3 is 9.84 Å². The number of aliphatic hydroxyl groups is 1. The van der Waals surface area contributed by atoms with Gasteiger partial charge in [-0.1, -0.05) is 36.4 Å². The number of aliphatic hydroxyl groups excluding tert-OH is 1. The topological polar surface area (TPSA) is 63.6 Å². The van der Waals surface area contributed by atoms with E-state index in [1.165, 1.54) is 13.2 Å². The lowest BCUT2D eigenvalue weighted by Crippen LogP contribution is -2.38. The standard InChI is InChI=1S/C19H20O4/c1-12-16(21)15(17(22)19(2,3)18(12)23-4)14(20)11-10-13-8-6-5-7-9-13/h5-11,20H,1-4H3/b11-10+,15-14+. The molecule has 0 amide bonds. The van der Waals surface area contributed by atoms with Gasteiger partial charge in [0.15, 0.2) is 11.6 Å². The van der Waals surface area contributed by atoms with Gasteiger partial charge in [0.1, 0.15) is 17.1 Å². The molecule has 1 aromatic rings. The third-order valence-corrected chi connectivity index (χ3v) is 3.96. The van der Waals surface area contributed by atoms with Gasteiger partial charge in [-0.05, 0) is 32.4 Å². The lowest BCUT2D eigenvalue weighted by atomic mass is 9.73. The largest absolute Gasteiger partial charge is 0.507 e. The Morgan fingerprint density at radius 1 is 1.17 bits per heavy atom. The first-order valence-electron chi connectivity index (χ1n) is 7.32. The van der Waals surface area contributed by atoms with Gasteiger partial charge in [-0.3, -0.25) is 9.59 Å². The summed E-state index contributed by atoms with van der Waals surface area (Å²) >= 11 is 0. The fraction of sp³-hybridized carbons (Fsp3) is 0.263. The number of methoxy groups -OCH3 is 1. The Morgan fingerprint density at radius 2 is 1.78 bits per heavy atom. The summed E-state index contributed by atoms with van der Waals surface area (Å²) in [5, 5.41) is 10.3. The molecule has 4 nitrogen and oxygen atoms in total. The molecule has 0 heterocycles. The summed E-state index contributed by atoms with van der Waals surface area (Å²) in [6.45, 7) is 4.96. The summed E-state index contributed by atoms with van der Waals surface area (Å²) in [6, 6.07) is 9.32. The zero-order chi connectivity index (χ0) is 17.2. The van der Waals surface area contributed by atoms with Crippen molar-refractivity contribution in [3.63, 3.8) is 0 Å². The maximum absolute atomic E-state index is 12.6. The summed E-state index contributed by atoms with van der Waals surface area (Å²) in [5.41, 5.74) is 0.0168. The molecule has 0 radical (unpaired) electrons. The van der Waals surface area contributed by atoms with Crippen LogP contribution in [0, 0.1) is 5.41 Å². The summed E-state index contributed by atoms with van der Waals surface area (Å²) < 4.78 is 5.23. The Labute approximate surface area is 135 Å². The smallest absolute Gasteiger partial charge is 0.199 e. The number of carbonyl (C=O) groups is 2. The van der Waals surface area contributed by atoms with Gasteiger partial charge in [-0.15, -0.1) is 0 Å². The third-order valence-electron chi connectivity index (χ3n) is 3.96. The predicted molar refractivity (Wildman–Crippen MR) is 88.6 cm³/mol. The number of ketones is 2. The van der Waals surface area contributed by atoms with E-state index in [-0.39, 0.29) is 11.3 Å². The van der Waals surface area contributed by atoms with E-state index in [1.54, 1.807) is 26.8 Å². The normalized spacial score (nSPS) is 20.2. The Morgan fingerprint density at radius 3 is 2.35 bits per heavy atom. The maximum atomic E-state index is 12.6. The van der Waals surface area contributed by atoms with E-state index in [0.29, 0.717) is 11.3 Å². The molecule has 0 spiro atoms. The zero-order valence-electron chi connectivity index (χ0n) is 13.7. The van der Waals surface area contributed by atoms with E-state index < -0.39 is 17.0 Å². The van der Waals surface area contributed by atoms with Crippen molar-refractivity contribution in [2.24, 2.45) is 5.41 Å². The van der Waals surface area contributed by atoms with Gasteiger partial charge in [0.2, 0.25) is 0 Å². The molecule has 4 heteroatoms. The molecule has 0 saturated heterocycles. The Kier molecular flexibility index (Phi) is 4.55.